The summed E-state index contributed by atoms with van der Waals surface area (Å²) in [7, 11) is 0. The van der Waals surface area contributed by atoms with Gasteiger partial charge in [-0.25, -0.2) is 4.98 Å². The highest BCUT2D eigenvalue weighted by molar-refractivity contribution is 9.10. The highest BCUT2D eigenvalue weighted by Crippen LogP contribution is 2.29. The summed E-state index contributed by atoms with van der Waals surface area (Å²) in [6.07, 6.45) is 0. The van der Waals surface area contributed by atoms with Crippen molar-refractivity contribution in [2.75, 3.05) is 0 Å². The quantitative estimate of drug-likeness (QED) is 0.611. The molecule has 0 aliphatic carbocycles. The molecule has 1 heterocycles. The van der Waals surface area contributed by atoms with Crippen molar-refractivity contribution in [3.63, 3.8) is 0 Å². The normalized spacial score (nSPS) is 14.0. The number of aromatic amines is 1. The van der Waals surface area contributed by atoms with Crippen molar-refractivity contribution < 1.29 is 0 Å². The van der Waals surface area contributed by atoms with Crippen LogP contribution in [-0.2, 0) is 5.41 Å². The van der Waals surface area contributed by atoms with Gasteiger partial charge in [-0.05, 0) is 22.9 Å². The van der Waals surface area contributed by atoms with Crippen LogP contribution in [0.4, 0.5) is 0 Å². The van der Waals surface area contributed by atoms with Gasteiger partial charge in [0.25, 0.3) is 0 Å². The number of hydrogen-bond acceptors (Lipinski definition) is 2. The highest BCUT2D eigenvalue weighted by atomic mass is 79.9. The molecule has 1 aromatic rings. The average Bonchev–Trinajstić information content (AvgIpc) is 2.06. The first-order chi connectivity index (χ1) is 6.73. The molecule has 0 aliphatic heterocycles. The van der Waals surface area contributed by atoms with Crippen molar-refractivity contribution in [3.8, 4) is 0 Å². The molecule has 84 valence electrons. The van der Waals surface area contributed by atoms with Gasteiger partial charge in [-0.1, -0.05) is 33.0 Å². The molecule has 1 rings (SSSR count). The van der Waals surface area contributed by atoms with Crippen molar-refractivity contribution in [2.24, 2.45) is 0 Å². The van der Waals surface area contributed by atoms with E-state index >= 15 is 0 Å². The van der Waals surface area contributed by atoms with Crippen LogP contribution in [0.5, 0.6) is 0 Å². The Morgan fingerprint density at radius 3 is 2.40 bits per heavy atom. The number of nitrogens with one attached hydrogen (secondary N) is 1. The molecular formula is C10H14BrClN2S. The van der Waals surface area contributed by atoms with E-state index in [1.165, 1.54) is 0 Å². The standard InChI is InChI=1S/C10H14BrClN2S/c1-5(12)8-13-7(10(2,3)4)6(11)9(15)14-8/h5H,1-4H3,(H,13,14,15). The van der Waals surface area contributed by atoms with Crippen molar-refractivity contribution >= 4 is 39.7 Å². The summed E-state index contributed by atoms with van der Waals surface area (Å²) < 4.78 is 1.41. The summed E-state index contributed by atoms with van der Waals surface area (Å²) >= 11 is 14.6. The van der Waals surface area contributed by atoms with E-state index < -0.39 is 0 Å². The number of H-pyrrole nitrogens is 1. The van der Waals surface area contributed by atoms with Crippen molar-refractivity contribution in [1.29, 1.82) is 0 Å². The molecule has 0 aliphatic rings. The highest BCUT2D eigenvalue weighted by Gasteiger charge is 2.20. The molecule has 0 aromatic carbocycles. The molecular weight excluding hydrogens is 296 g/mol. The third kappa shape index (κ3) is 3.02. The van der Waals surface area contributed by atoms with Crippen molar-refractivity contribution in [1.82, 2.24) is 9.97 Å². The van der Waals surface area contributed by atoms with E-state index in [0.717, 1.165) is 16.0 Å². The van der Waals surface area contributed by atoms with Gasteiger partial charge in [-0.3, -0.25) is 0 Å². The van der Waals surface area contributed by atoms with Crippen LogP contribution in [0, 0.1) is 4.64 Å². The predicted molar refractivity (Wildman–Crippen MR) is 70.1 cm³/mol. The van der Waals surface area contributed by atoms with Crippen molar-refractivity contribution in [3.05, 3.63) is 20.6 Å². The number of nitrogens with zero attached hydrogens (tertiary/aromatic N) is 1. The minimum Gasteiger partial charge on any atom is -0.344 e. The minimum absolute atomic E-state index is 0.0180. The van der Waals surface area contributed by atoms with Gasteiger partial charge in [-0.15, -0.1) is 11.6 Å². The Kier molecular flexibility index (Phi) is 3.95. The van der Waals surface area contributed by atoms with Gasteiger partial charge in [0.1, 0.15) is 10.5 Å². The Hall–Kier alpha value is 0.0700. The van der Waals surface area contributed by atoms with Crippen LogP contribution >= 0.6 is 39.7 Å². The van der Waals surface area contributed by atoms with Gasteiger partial charge in [0.15, 0.2) is 0 Å². The fraction of sp³-hybridized carbons (Fsp3) is 0.600. The third-order valence-electron chi connectivity index (χ3n) is 2.01. The fourth-order valence-electron chi connectivity index (χ4n) is 1.18. The van der Waals surface area contributed by atoms with Crippen LogP contribution in [0.15, 0.2) is 4.47 Å². The van der Waals surface area contributed by atoms with E-state index in [2.05, 4.69) is 46.7 Å². The molecule has 0 fully saturated rings. The maximum absolute atomic E-state index is 5.99. The molecule has 1 atom stereocenters. The molecule has 15 heavy (non-hydrogen) atoms. The molecule has 0 radical (unpaired) electrons. The van der Waals surface area contributed by atoms with Gasteiger partial charge < -0.3 is 4.98 Å². The van der Waals surface area contributed by atoms with Crippen molar-refractivity contribution in [2.45, 2.75) is 38.5 Å². The zero-order valence-corrected chi connectivity index (χ0v) is 12.3. The van der Waals surface area contributed by atoms with Gasteiger partial charge in [0.05, 0.1) is 9.85 Å². The van der Waals surface area contributed by atoms with Crippen LogP contribution in [0.25, 0.3) is 0 Å². The second kappa shape index (κ2) is 4.52. The zero-order valence-electron chi connectivity index (χ0n) is 9.19. The van der Waals surface area contributed by atoms with Gasteiger partial charge in [0.2, 0.25) is 0 Å². The summed E-state index contributed by atoms with van der Waals surface area (Å²) in [5.41, 5.74) is 1.01. The molecule has 0 saturated carbocycles. The average molecular weight is 310 g/mol. The molecule has 1 unspecified atom stereocenters. The zero-order chi connectivity index (χ0) is 11.8. The first kappa shape index (κ1) is 13.1. The Labute approximate surface area is 109 Å². The van der Waals surface area contributed by atoms with Crippen LogP contribution in [-0.4, -0.2) is 9.97 Å². The predicted octanol–water partition coefficient (Wildman–Crippen LogP) is 4.50. The van der Waals surface area contributed by atoms with E-state index in [0.29, 0.717) is 4.64 Å². The first-order valence-corrected chi connectivity index (χ1v) is 6.31. The first-order valence-electron chi connectivity index (χ1n) is 4.67. The Morgan fingerprint density at radius 1 is 1.47 bits per heavy atom. The number of rotatable bonds is 1. The van der Waals surface area contributed by atoms with E-state index in [1.807, 2.05) is 6.92 Å². The fourth-order valence-corrected chi connectivity index (χ4v) is 2.27. The maximum atomic E-state index is 5.99. The van der Waals surface area contributed by atoms with E-state index in [9.17, 15) is 0 Å². The summed E-state index contributed by atoms with van der Waals surface area (Å²) in [4.78, 5) is 7.46. The SMILES string of the molecule is CC(Cl)c1nc(=S)c(Br)c(C(C)(C)C)[nH]1. The smallest absolute Gasteiger partial charge is 0.144 e. The Bertz CT molecular complexity index is 420. The summed E-state index contributed by atoms with van der Waals surface area (Å²) in [5.74, 6) is 0.717. The van der Waals surface area contributed by atoms with E-state index in [4.69, 9.17) is 23.8 Å². The van der Waals surface area contributed by atoms with E-state index in [1.54, 1.807) is 0 Å². The van der Waals surface area contributed by atoms with E-state index in [-0.39, 0.29) is 10.8 Å². The van der Waals surface area contributed by atoms with Gasteiger partial charge >= 0.3 is 0 Å². The monoisotopic (exact) mass is 308 g/mol. The largest absolute Gasteiger partial charge is 0.344 e. The molecule has 2 nitrogen and oxygen atoms in total. The molecule has 1 aromatic heterocycles. The van der Waals surface area contributed by atoms with Crippen LogP contribution in [0.2, 0.25) is 0 Å². The maximum Gasteiger partial charge on any atom is 0.144 e. The minimum atomic E-state index is -0.166. The van der Waals surface area contributed by atoms with Crippen LogP contribution < -0.4 is 0 Å². The molecule has 0 saturated heterocycles. The summed E-state index contributed by atoms with van der Waals surface area (Å²) in [6.45, 7) is 8.21. The molecule has 0 spiro atoms. The van der Waals surface area contributed by atoms with Gasteiger partial charge in [-0.2, -0.15) is 0 Å². The number of hydrogen-bond donors (Lipinski definition) is 1. The molecule has 0 amide bonds. The van der Waals surface area contributed by atoms with Crippen LogP contribution in [0.1, 0.15) is 44.6 Å². The molecule has 5 heteroatoms. The summed E-state index contributed by atoms with van der Waals surface area (Å²) in [5, 5.41) is -0.166. The second-order valence-corrected chi connectivity index (χ2v) is 6.32. The Balaban J connectivity index is 3.46. The molecule has 0 bridgehead atoms. The molecule has 1 N–H and O–H groups in total. The lowest BCUT2D eigenvalue weighted by molar-refractivity contribution is 0.557. The number of alkyl halides is 1. The Morgan fingerprint density at radius 2 is 2.00 bits per heavy atom. The number of aromatic nitrogens is 2. The lowest BCUT2D eigenvalue weighted by atomic mass is 9.92. The summed E-state index contributed by atoms with van der Waals surface area (Å²) in [6, 6.07) is 0. The lowest BCUT2D eigenvalue weighted by Crippen LogP contribution is -2.17. The third-order valence-corrected chi connectivity index (χ3v) is 3.55. The number of halogens is 2. The van der Waals surface area contributed by atoms with Gasteiger partial charge in [0, 0.05) is 11.1 Å². The van der Waals surface area contributed by atoms with Crippen LogP contribution in [0.3, 0.4) is 0 Å². The lowest BCUT2D eigenvalue weighted by Gasteiger charge is -2.21. The second-order valence-electron chi connectivity index (χ2n) is 4.48. The topological polar surface area (TPSA) is 28.7 Å².